The summed E-state index contributed by atoms with van der Waals surface area (Å²) in [5.74, 6) is 0.0893. The Bertz CT molecular complexity index is 259. The molecule has 2 nitrogen and oxygen atoms in total. The molecule has 0 saturated carbocycles. The fourth-order valence-corrected chi connectivity index (χ4v) is 0.808. The van der Waals surface area contributed by atoms with Crippen molar-refractivity contribution in [2.75, 3.05) is 5.32 Å². The summed E-state index contributed by atoms with van der Waals surface area (Å²) in [5.41, 5.74) is 0.858. The van der Waals surface area contributed by atoms with Gasteiger partial charge in [-0.05, 0) is 12.1 Å². The van der Waals surface area contributed by atoms with Gasteiger partial charge in [0.1, 0.15) is 0 Å². The van der Waals surface area contributed by atoms with Gasteiger partial charge in [-0.15, -0.1) is 12.4 Å². The maximum Gasteiger partial charge on any atom is 0.226 e. The smallest absolute Gasteiger partial charge is 0.226 e. The lowest BCUT2D eigenvalue weighted by Gasteiger charge is -2.06. The summed E-state index contributed by atoms with van der Waals surface area (Å²) in [7, 11) is 0. The van der Waals surface area contributed by atoms with Crippen LogP contribution in [0.3, 0.4) is 0 Å². The molecule has 0 fully saturated rings. The summed E-state index contributed by atoms with van der Waals surface area (Å²) in [6.45, 7) is 3.75. The largest absolute Gasteiger partial charge is 0.326 e. The van der Waals surface area contributed by atoms with Crippen molar-refractivity contribution in [3.05, 3.63) is 30.3 Å². The molecule has 1 rings (SSSR count). The molecule has 1 aromatic rings. The van der Waals surface area contributed by atoms with Crippen LogP contribution in [-0.4, -0.2) is 5.91 Å². The number of nitrogens with one attached hydrogen (secondary N) is 1. The summed E-state index contributed by atoms with van der Waals surface area (Å²) < 4.78 is 0. The van der Waals surface area contributed by atoms with Gasteiger partial charge >= 0.3 is 0 Å². The fraction of sp³-hybridized carbons (Fsp3) is 0.300. The van der Waals surface area contributed by atoms with Crippen molar-refractivity contribution >= 4 is 24.0 Å². The number of benzene rings is 1. The number of anilines is 1. The van der Waals surface area contributed by atoms with E-state index in [4.69, 9.17) is 0 Å². The van der Waals surface area contributed by atoms with E-state index in [1.807, 2.05) is 44.2 Å². The van der Waals surface area contributed by atoms with Crippen LogP contribution >= 0.6 is 12.4 Å². The lowest BCUT2D eigenvalue weighted by Crippen LogP contribution is -2.17. The van der Waals surface area contributed by atoms with E-state index in [1.54, 1.807) is 0 Å². The number of carbonyl (C=O) groups excluding carboxylic acids is 1. The number of amides is 1. The summed E-state index contributed by atoms with van der Waals surface area (Å²) in [6.07, 6.45) is 0. The molecule has 0 aliphatic heterocycles. The molecular weight excluding hydrogens is 186 g/mol. The van der Waals surface area contributed by atoms with E-state index in [2.05, 4.69) is 5.32 Å². The summed E-state index contributed by atoms with van der Waals surface area (Å²) in [4.78, 5) is 11.2. The van der Waals surface area contributed by atoms with Crippen LogP contribution in [0, 0.1) is 5.92 Å². The van der Waals surface area contributed by atoms with Crippen molar-refractivity contribution in [1.82, 2.24) is 0 Å². The predicted molar refractivity (Wildman–Crippen MR) is 57.2 cm³/mol. The Hall–Kier alpha value is -1.02. The first-order valence-electron chi connectivity index (χ1n) is 4.06. The topological polar surface area (TPSA) is 29.1 Å². The lowest BCUT2D eigenvalue weighted by molar-refractivity contribution is -0.118. The number of para-hydroxylation sites is 1. The van der Waals surface area contributed by atoms with Crippen LogP contribution in [0.5, 0.6) is 0 Å². The van der Waals surface area contributed by atoms with E-state index in [1.165, 1.54) is 0 Å². The molecule has 0 aliphatic carbocycles. The normalized spacial score (nSPS) is 9.15. The van der Waals surface area contributed by atoms with Gasteiger partial charge in [0, 0.05) is 11.6 Å². The molecule has 0 bridgehead atoms. The summed E-state index contributed by atoms with van der Waals surface area (Å²) in [5, 5.41) is 2.80. The highest BCUT2D eigenvalue weighted by molar-refractivity contribution is 5.91. The van der Waals surface area contributed by atoms with Gasteiger partial charge in [-0.3, -0.25) is 4.79 Å². The molecular formula is C10H14ClNO. The Morgan fingerprint density at radius 2 is 1.77 bits per heavy atom. The molecule has 0 unspecified atom stereocenters. The monoisotopic (exact) mass is 199 g/mol. The van der Waals surface area contributed by atoms with Crippen LogP contribution in [0.15, 0.2) is 30.3 Å². The minimum Gasteiger partial charge on any atom is -0.326 e. The zero-order valence-electron chi connectivity index (χ0n) is 7.78. The number of hydrogen-bond acceptors (Lipinski definition) is 1. The quantitative estimate of drug-likeness (QED) is 0.780. The minimum atomic E-state index is 0. The third kappa shape index (κ3) is 3.95. The first-order valence-corrected chi connectivity index (χ1v) is 4.06. The van der Waals surface area contributed by atoms with E-state index in [0.717, 1.165) is 5.69 Å². The number of rotatable bonds is 2. The standard InChI is InChI=1S/C10H13NO.ClH/c1-8(2)10(12)11-9-6-4-3-5-7-9;/h3-8H,1-2H3,(H,11,12);1H. The maximum atomic E-state index is 11.2. The highest BCUT2D eigenvalue weighted by Crippen LogP contribution is 2.06. The molecule has 1 N–H and O–H groups in total. The van der Waals surface area contributed by atoms with Crippen LogP contribution in [-0.2, 0) is 4.79 Å². The van der Waals surface area contributed by atoms with E-state index in [0.29, 0.717) is 0 Å². The van der Waals surface area contributed by atoms with Gasteiger partial charge in [0.2, 0.25) is 5.91 Å². The molecule has 0 radical (unpaired) electrons. The highest BCUT2D eigenvalue weighted by atomic mass is 35.5. The van der Waals surface area contributed by atoms with Crippen LogP contribution in [0.2, 0.25) is 0 Å². The second-order valence-corrected chi connectivity index (χ2v) is 3.01. The molecule has 13 heavy (non-hydrogen) atoms. The first kappa shape index (κ1) is 12.0. The van der Waals surface area contributed by atoms with E-state index in [-0.39, 0.29) is 24.2 Å². The van der Waals surface area contributed by atoms with Gasteiger partial charge < -0.3 is 5.32 Å². The van der Waals surface area contributed by atoms with Gasteiger partial charge in [0.15, 0.2) is 0 Å². The molecule has 0 spiro atoms. The van der Waals surface area contributed by atoms with Gasteiger partial charge in [0.05, 0.1) is 0 Å². The summed E-state index contributed by atoms with van der Waals surface area (Å²) in [6, 6.07) is 9.47. The molecule has 0 aliphatic rings. The van der Waals surface area contributed by atoms with Crippen LogP contribution in [0.4, 0.5) is 5.69 Å². The fourth-order valence-electron chi connectivity index (χ4n) is 0.808. The highest BCUT2D eigenvalue weighted by Gasteiger charge is 2.05. The van der Waals surface area contributed by atoms with Gasteiger partial charge in [-0.25, -0.2) is 0 Å². The van der Waals surface area contributed by atoms with E-state index >= 15 is 0 Å². The Morgan fingerprint density at radius 3 is 2.23 bits per heavy atom. The minimum absolute atomic E-state index is 0. The molecule has 0 heterocycles. The van der Waals surface area contributed by atoms with Crippen molar-refractivity contribution in [3.8, 4) is 0 Å². The predicted octanol–water partition coefficient (Wildman–Crippen LogP) is 2.70. The first-order chi connectivity index (χ1) is 5.70. The lowest BCUT2D eigenvalue weighted by atomic mass is 10.2. The molecule has 3 heteroatoms. The van der Waals surface area contributed by atoms with Crippen molar-refractivity contribution in [2.24, 2.45) is 5.92 Å². The SMILES string of the molecule is CC(C)C(=O)Nc1ccccc1.Cl. The number of hydrogen-bond donors (Lipinski definition) is 1. The third-order valence-corrected chi connectivity index (χ3v) is 1.57. The van der Waals surface area contributed by atoms with Crippen LogP contribution in [0.25, 0.3) is 0 Å². The Balaban J connectivity index is 0.00000144. The number of halogens is 1. The molecule has 72 valence electrons. The van der Waals surface area contributed by atoms with Crippen molar-refractivity contribution in [3.63, 3.8) is 0 Å². The third-order valence-electron chi connectivity index (χ3n) is 1.57. The van der Waals surface area contributed by atoms with E-state index < -0.39 is 0 Å². The van der Waals surface area contributed by atoms with Gasteiger partial charge in [0.25, 0.3) is 0 Å². The second-order valence-electron chi connectivity index (χ2n) is 3.01. The maximum absolute atomic E-state index is 11.2. The molecule has 0 atom stereocenters. The van der Waals surface area contributed by atoms with Crippen molar-refractivity contribution in [1.29, 1.82) is 0 Å². The average molecular weight is 200 g/mol. The number of carbonyl (C=O) groups is 1. The van der Waals surface area contributed by atoms with Crippen molar-refractivity contribution in [2.45, 2.75) is 13.8 Å². The zero-order chi connectivity index (χ0) is 8.97. The molecule has 0 saturated heterocycles. The molecule has 1 aromatic carbocycles. The van der Waals surface area contributed by atoms with Crippen LogP contribution in [0.1, 0.15) is 13.8 Å². The Morgan fingerprint density at radius 1 is 1.23 bits per heavy atom. The Labute approximate surface area is 84.8 Å². The summed E-state index contributed by atoms with van der Waals surface area (Å²) >= 11 is 0. The average Bonchev–Trinajstić information content (AvgIpc) is 2.06. The second kappa shape index (κ2) is 5.60. The van der Waals surface area contributed by atoms with E-state index in [9.17, 15) is 4.79 Å². The zero-order valence-corrected chi connectivity index (χ0v) is 8.60. The molecule has 0 aromatic heterocycles. The van der Waals surface area contributed by atoms with Crippen LogP contribution < -0.4 is 5.32 Å². The van der Waals surface area contributed by atoms with Gasteiger partial charge in [-0.1, -0.05) is 32.0 Å². The van der Waals surface area contributed by atoms with Gasteiger partial charge in [-0.2, -0.15) is 0 Å². The van der Waals surface area contributed by atoms with Crippen molar-refractivity contribution < 1.29 is 4.79 Å². The molecule has 1 amide bonds. The Kier molecular flexibility index (Phi) is 5.16.